The fourth-order valence-corrected chi connectivity index (χ4v) is 2.56. The van der Waals surface area contributed by atoms with Crippen molar-refractivity contribution in [2.24, 2.45) is 0 Å². The maximum atomic E-state index is 12.4. The maximum Gasteiger partial charge on any atom is 0.338 e. The molecule has 2 aromatic carbocycles. The SMILES string of the molecule is CCOc1ccc(C(=O)OC(C)C(=O)Nc2c(C)cccc2CC)cc1. The molecule has 1 N–H and O–H groups in total. The molecule has 1 atom stereocenters. The minimum absolute atomic E-state index is 0.353. The van der Waals surface area contributed by atoms with E-state index in [1.54, 1.807) is 31.2 Å². The van der Waals surface area contributed by atoms with Crippen molar-refractivity contribution in [1.29, 1.82) is 0 Å². The van der Waals surface area contributed by atoms with Crippen LogP contribution in [-0.2, 0) is 16.0 Å². The first kappa shape index (κ1) is 19.5. The van der Waals surface area contributed by atoms with Crippen molar-refractivity contribution in [3.63, 3.8) is 0 Å². The Morgan fingerprint density at radius 3 is 2.38 bits per heavy atom. The van der Waals surface area contributed by atoms with Gasteiger partial charge in [0, 0.05) is 5.69 Å². The lowest BCUT2D eigenvalue weighted by Gasteiger charge is -2.17. The Labute approximate surface area is 154 Å². The second-order valence-electron chi connectivity index (χ2n) is 5.96. The number of aryl methyl sites for hydroxylation is 2. The highest BCUT2D eigenvalue weighted by Crippen LogP contribution is 2.21. The van der Waals surface area contributed by atoms with Crippen LogP contribution in [0.3, 0.4) is 0 Å². The van der Waals surface area contributed by atoms with Gasteiger partial charge in [0.05, 0.1) is 12.2 Å². The van der Waals surface area contributed by atoms with Crippen LogP contribution in [-0.4, -0.2) is 24.6 Å². The number of benzene rings is 2. The van der Waals surface area contributed by atoms with Crippen LogP contribution in [0.1, 0.15) is 42.3 Å². The summed E-state index contributed by atoms with van der Waals surface area (Å²) < 4.78 is 10.6. The zero-order chi connectivity index (χ0) is 19.1. The van der Waals surface area contributed by atoms with Crippen LogP contribution in [0.5, 0.6) is 5.75 Å². The zero-order valence-electron chi connectivity index (χ0n) is 15.7. The average molecular weight is 355 g/mol. The van der Waals surface area contributed by atoms with Gasteiger partial charge < -0.3 is 14.8 Å². The molecule has 0 heterocycles. The molecule has 0 saturated heterocycles. The molecule has 0 fully saturated rings. The zero-order valence-corrected chi connectivity index (χ0v) is 15.7. The van der Waals surface area contributed by atoms with Crippen molar-refractivity contribution in [3.05, 3.63) is 59.2 Å². The molecule has 0 aliphatic carbocycles. The van der Waals surface area contributed by atoms with Gasteiger partial charge in [-0.1, -0.05) is 25.1 Å². The maximum absolute atomic E-state index is 12.4. The van der Waals surface area contributed by atoms with E-state index in [1.807, 2.05) is 39.0 Å². The summed E-state index contributed by atoms with van der Waals surface area (Å²) >= 11 is 0. The van der Waals surface area contributed by atoms with Gasteiger partial charge in [0.25, 0.3) is 5.91 Å². The molecule has 2 aromatic rings. The summed E-state index contributed by atoms with van der Waals surface area (Å²) in [5.41, 5.74) is 3.17. The number of ether oxygens (including phenoxy) is 2. The molecular formula is C21H25NO4. The summed E-state index contributed by atoms with van der Waals surface area (Å²) in [6.07, 6.45) is -0.101. The van der Waals surface area contributed by atoms with Crippen LogP contribution in [0, 0.1) is 6.92 Å². The lowest BCUT2D eigenvalue weighted by molar-refractivity contribution is -0.123. The van der Waals surface area contributed by atoms with Gasteiger partial charge in [-0.25, -0.2) is 4.79 Å². The van der Waals surface area contributed by atoms with Crippen LogP contribution in [0.2, 0.25) is 0 Å². The summed E-state index contributed by atoms with van der Waals surface area (Å²) in [6, 6.07) is 12.5. The van der Waals surface area contributed by atoms with Crippen molar-refractivity contribution in [3.8, 4) is 5.75 Å². The summed E-state index contributed by atoms with van der Waals surface area (Å²) in [5, 5.41) is 2.88. The molecule has 0 aliphatic rings. The van der Waals surface area contributed by atoms with Crippen LogP contribution < -0.4 is 10.1 Å². The second-order valence-corrected chi connectivity index (χ2v) is 5.96. The second kappa shape index (κ2) is 9.04. The Kier molecular flexibility index (Phi) is 6.78. The van der Waals surface area contributed by atoms with Crippen LogP contribution in [0.25, 0.3) is 0 Å². The number of nitrogens with one attached hydrogen (secondary N) is 1. The van der Waals surface area contributed by atoms with Crippen molar-refractivity contribution < 1.29 is 19.1 Å². The number of carbonyl (C=O) groups excluding carboxylic acids is 2. The molecule has 5 heteroatoms. The number of esters is 1. The van der Waals surface area contributed by atoms with Crippen molar-refractivity contribution in [1.82, 2.24) is 0 Å². The van der Waals surface area contributed by atoms with E-state index in [1.165, 1.54) is 0 Å². The molecule has 0 saturated carbocycles. The Morgan fingerprint density at radius 1 is 1.08 bits per heavy atom. The number of anilines is 1. The van der Waals surface area contributed by atoms with Gasteiger partial charge >= 0.3 is 5.97 Å². The summed E-state index contributed by atoms with van der Waals surface area (Å²) in [6.45, 7) is 7.97. The Bertz CT molecular complexity index is 768. The van der Waals surface area contributed by atoms with Crippen LogP contribution in [0.15, 0.2) is 42.5 Å². The Balaban J connectivity index is 2.01. The predicted octanol–water partition coefficient (Wildman–Crippen LogP) is 4.14. The van der Waals surface area contributed by atoms with E-state index in [0.717, 1.165) is 23.2 Å². The third-order valence-electron chi connectivity index (χ3n) is 4.04. The fourth-order valence-electron chi connectivity index (χ4n) is 2.56. The molecule has 0 bridgehead atoms. The van der Waals surface area contributed by atoms with E-state index >= 15 is 0 Å². The average Bonchev–Trinajstić information content (AvgIpc) is 2.64. The van der Waals surface area contributed by atoms with Gasteiger partial charge in [0.1, 0.15) is 5.75 Å². The summed E-state index contributed by atoms with van der Waals surface area (Å²) in [4.78, 5) is 24.7. The molecule has 5 nitrogen and oxygen atoms in total. The highest BCUT2D eigenvalue weighted by molar-refractivity contribution is 5.98. The normalized spacial score (nSPS) is 11.5. The van der Waals surface area contributed by atoms with Crippen molar-refractivity contribution in [2.75, 3.05) is 11.9 Å². The quantitative estimate of drug-likeness (QED) is 0.758. The first-order valence-corrected chi connectivity index (χ1v) is 8.79. The van der Waals surface area contributed by atoms with E-state index in [4.69, 9.17) is 9.47 Å². The van der Waals surface area contributed by atoms with Crippen LogP contribution in [0.4, 0.5) is 5.69 Å². The summed E-state index contributed by atoms with van der Waals surface area (Å²) in [5.74, 6) is -0.217. The molecule has 138 valence electrons. The molecule has 1 unspecified atom stereocenters. The fraction of sp³-hybridized carbons (Fsp3) is 0.333. The highest BCUT2D eigenvalue weighted by Gasteiger charge is 2.20. The van der Waals surface area contributed by atoms with Gasteiger partial charge in [-0.05, 0) is 62.6 Å². The lowest BCUT2D eigenvalue weighted by Crippen LogP contribution is -2.30. The summed E-state index contributed by atoms with van der Waals surface area (Å²) in [7, 11) is 0. The van der Waals surface area contributed by atoms with E-state index in [9.17, 15) is 9.59 Å². The van der Waals surface area contributed by atoms with Crippen molar-refractivity contribution >= 4 is 17.6 Å². The van der Waals surface area contributed by atoms with Crippen molar-refractivity contribution in [2.45, 2.75) is 40.2 Å². The van der Waals surface area contributed by atoms with E-state index < -0.39 is 12.1 Å². The minimum Gasteiger partial charge on any atom is -0.494 e. The monoisotopic (exact) mass is 355 g/mol. The van der Waals surface area contributed by atoms with Gasteiger partial charge in [0.2, 0.25) is 0 Å². The first-order valence-electron chi connectivity index (χ1n) is 8.79. The smallest absolute Gasteiger partial charge is 0.338 e. The van der Waals surface area contributed by atoms with Gasteiger partial charge in [-0.15, -0.1) is 0 Å². The van der Waals surface area contributed by atoms with Gasteiger partial charge in [-0.3, -0.25) is 4.79 Å². The molecule has 0 spiro atoms. The highest BCUT2D eigenvalue weighted by atomic mass is 16.5. The molecule has 26 heavy (non-hydrogen) atoms. The number of amides is 1. The van der Waals surface area contributed by atoms with E-state index in [-0.39, 0.29) is 5.91 Å². The Morgan fingerprint density at radius 2 is 1.77 bits per heavy atom. The number of hydrogen-bond donors (Lipinski definition) is 1. The van der Waals surface area contributed by atoms with Gasteiger partial charge in [-0.2, -0.15) is 0 Å². The molecule has 0 aromatic heterocycles. The standard InChI is InChI=1S/C21H25NO4/c1-5-16-9-7-8-14(3)19(16)22-20(23)15(4)26-21(24)17-10-12-18(13-11-17)25-6-2/h7-13,15H,5-6H2,1-4H3,(H,22,23). The molecule has 1 amide bonds. The first-order chi connectivity index (χ1) is 12.5. The van der Waals surface area contributed by atoms with E-state index in [2.05, 4.69) is 5.32 Å². The minimum atomic E-state index is -0.904. The number of rotatable bonds is 7. The van der Waals surface area contributed by atoms with Crippen LogP contribution >= 0.6 is 0 Å². The van der Waals surface area contributed by atoms with E-state index in [0.29, 0.717) is 17.9 Å². The largest absolute Gasteiger partial charge is 0.494 e. The lowest BCUT2D eigenvalue weighted by atomic mass is 10.1. The third-order valence-corrected chi connectivity index (χ3v) is 4.04. The Hall–Kier alpha value is -2.82. The number of carbonyl (C=O) groups is 2. The third kappa shape index (κ3) is 4.85. The van der Waals surface area contributed by atoms with Gasteiger partial charge in [0.15, 0.2) is 6.10 Å². The number of hydrogen-bond acceptors (Lipinski definition) is 4. The molecule has 0 radical (unpaired) electrons. The predicted molar refractivity (Wildman–Crippen MR) is 102 cm³/mol. The molecule has 2 rings (SSSR count). The number of para-hydroxylation sites is 1. The topological polar surface area (TPSA) is 64.6 Å². The molecule has 0 aliphatic heterocycles. The molecular weight excluding hydrogens is 330 g/mol.